The van der Waals surface area contributed by atoms with E-state index in [1.807, 2.05) is 12.1 Å². The van der Waals surface area contributed by atoms with E-state index in [2.05, 4.69) is 14.9 Å². The van der Waals surface area contributed by atoms with Gasteiger partial charge in [0.25, 0.3) is 0 Å². The monoisotopic (exact) mass is 500 g/mol. The molecule has 1 aliphatic rings. The predicted molar refractivity (Wildman–Crippen MR) is 132 cm³/mol. The van der Waals surface area contributed by atoms with Crippen LogP contribution < -0.4 is 15.4 Å². The van der Waals surface area contributed by atoms with Gasteiger partial charge in [0, 0.05) is 67.0 Å². The van der Waals surface area contributed by atoms with Gasteiger partial charge in [0.15, 0.2) is 11.6 Å². The van der Waals surface area contributed by atoms with E-state index in [4.69, 9.17) is 44.3 Å². The Bertz CT molecular complexity index is 1190. The number of benzene rings is 1. The van der Waals surface area contributed by atoms with Crippen LogP contribution in [0.2, 0.25) is 10.0 Å². The number of nitrogens with two attached hydrogens (primary N) is 1. The van der Waals surface area contributed by atoms with Gasteiger partial charge < -0.3 is 15.4 Å². The van der Waals surface area contributed by atoms with E-state index in [9.17, 15) is 4.39 Å². The zero-order chi connectivity index (χ0) is 24.7. The van der Waals surface area contributed by atoms with E-state index in [0.29, 0.717) is 26.7 Å². The summed E-state index contributed by atoms with van der Waals surface area (Å²) in [7, 11) is 0. The lowest BCUT2D eigenvalue weighted by Crippen LogP contribution is -2.19. The molecule has 1 fully saturated rings. The molecule has 2 aromatic heterocycles. The summed E-state index contributed by atoms with van der Waals surface area (Å²) in [6.07, 6.45) is 6.82. The number of nitriles is 1. The van der Waals surface area contributed by atoms with Crippen LogP contribution in [0, 0.1) is 22.6 Å². The number of ether oxygens (including phenoxy) is 1. The van der Waals surface area contributed by atoms with Gasteiger partial charge in [0.2, 0.25) is 0 Å². The second kappa shape index (κ2) is 11.6. The molecule has 3 heterocycles. The largest absolute Gasteiger partial charge is 0.486 e. The van der Waals surface area contributed by atoms with Crippen molar-refractivity contribution in [2.75, 3.05) is 23.7 Å². The van der Waals surface area contributed by atoms with E-state index in [0.717, 1.165) is 37.8 Å². The minimum Gasteiger partial charge on any atom is -0.486 e. The first kappa shape index (κ1) is 25.2. The Labute approximate surface area is 207 Å². The number of nitrogens with zero attached hydrogens (tertiary/aromatic N) is 4. The van der Waals surface area contributed by atoms with Crippen molar-refractivity contribution in [1.82, 2.24) is 9.97 Å². The van der Waals surface area contributed by atoms with Crippen LogP contribution in [0.4, 0.5) is 15.9 Å². The second-order valence-corrected chi connectivity index (χ2v) is 8.25. The van der Waals surface area contributed by atoms with Crippen LogP contribution in [-0.4, -0.2) is 28.8 Å². The standard InChI is InChI=1S/C22H20Cl2FN5O.C2H3N/c23-16-10-28-11-17(24)15(16)12-31-20-7-14(19(26)8-18(20)25)22(27)13-3-4-21(29-9-13)30-5-1-2-6-30;1-2-3/h3-4,7-11,27H,1-2,5-6,12,26H2;1H3. The molecule has 7 nitrogen and oxygen atoms in total. The number of anilines is 2. The van der Waals surface area contributed by atoms with E-state index in [1.165, 1.54) is 25.4 Å². The zero-order valence-electron chi connectivity index (χ0n) is 18.5. The van der Waals surface area contributed by atoms with Gasteiger partial charge in [-0.3, -0.25) is 10.4 Å². The van der Waals surface area contributed by atoms with Crippen molar-refractivity contribution in [3.05, 3.63) is 75.4 Å². The lowest BCUT2D eigenvalue weighted by atomic mass is 10.0. The van der Waals surface area contributed by atoms with Gasteiger partial charge in [0.1, 0.15) is 12.4 Å². The van der Waals surface area contributed by atoms with Gasteiger partial charge in [0.05, 0.1) is 21.8 Å². The van der Waals surface area contributed by atoms with E-state index >= 15 is 0 Å². The first-order chi connectivity index (χ1) is 16.3. The van der Waals surface area contributed by atoms with Gasteiger partial charge in [-0.1, -0.05) is 23.2 Å². The van der Waals surface area contributed by atoms with Crippen molar-refractivity contribution in [1.29, 1.82) is 10.7 Å². The number of nitrogen functional groups attached to an aromatic ring is 1. The summed E-state index contributed by atoms with van der Waals surface area (Å²) in [5, 5.41) is 16.5. The Balaban J connectivity index is 0.00000103. The summed E-state index contributed by atoms with van der Waals surface area (Å²) < 4.78 is 20.1. The molecule has 0 amide bonds. The number of pyridine rings is 2. The molecule has 0 bridgehead atoms. The van der Waals surface area contributed by atoms with Crippen LogP contribution in [0.15, 0.2) is 42.9 Å². The van der Waals surface area contributed by atoms with E-state index < -0.39 is 5.82 Å². The molecule has 0 spiro atoms. The zero-order valence-corrected chi connectivity index (χ0v) is 20.0. The van der Waals surface area contributed by atoms with Crippen LogP contribution in [0.5, 0.6) is 5.75 Å². The molecule has 1 aliphatic heterocycles. The molecule has 0 radical (unpaired) electrons. The third kappa shape index (κ3) is 5.93. The topological polar surface area (TPSA) is 112 Å². The highest BCUT2D eigenvalue weighted by molar-refractivity contribution is 6.35. The molecule has 0 atom stereocenters. The van der Waals surface area contributed by atoms with Crippen LogP contribution in [-0.2, 0) is 6.61 Å². The van der Waals surface area contributed by atoms with Gasteiger partial charge >= 0.3 is 0 Å². The Morgan fingerprint density at radius 2 is 1.85 bits per heavy atom. The van der Waals surface area contributed by atoms with Crippen LogP contribution in [0.3, 0.4) is 0 Å². The highest BCUT2D eigenvalue weighted by Crippen LogP contribution is 2.29. The fourth-order valence-corrected chi connectivity index (χ4v) is 3.92. The highest BCUT2D eigenvalue weighted by Gasteiger charge is 2.17. The summed E-state index contributed by atoms with van der Waals surface area (Å²) in [6.45, 7) is 3.35. The summed E-state index contributed by atoms with van der Waals surface area (Å²) >= 11 is 12.2. The smallest absolute Gasteiger partial charge is 0.167 e. The molecule has 0 aliphatic carbocycles. The molecular weight excluding hydrogens is 478 g/mol. The van der Waals surface area contributed by atoms with Crippen LogP contribution >= 0.6 is 23.2 Å². The lowest BCUT2D eigenvalue weighted by Gasteiger charge is -2.17. The number of aromatic nitrogens is 2. The Hall–Kier alpha value is -3.41. The van der Waals surface area contributed by atoms with Gasteiger partial charge in [-0.15, -0.1) is 0 Å². The molecule has 176 valence electrons. The molecule has 0 unspecified atom stereocenters. The quantitative estimate of drug-likeness (QED) is 0.335. The van der Waals surface area contributed by atoms with Crippen LogP contribution in [0.25, 0.3) is 0 Å². The molecule has 3 aromatic rings. The maximum Gasteiger partial charge on any atom is 0.167 e. The van der Waals surface area contributed by atoms with Crippen molar-refractivity contribution in [3.63, 3.8) is 0 Å². The minimum atomic E-state index is -0.641. The fourth-order valence-electron chi connectivity index (χ4n) is 3.44. The second-order valence-electron chi connectivity index (χ2n) is 7.44. The van der Waals surface area contributed by atoms with Crippen molar-refractivity contribution >= 4 is 40.4 Å². The van der Waals surface area contributed by atoms with Gasteiger partial charge in [-0.25, -0.2) is 9.37 Å². The summed E-state index contributed by atoms with van der Waals surface area (Å²) in [5.41, 5.74) is 7.68. The average Bonchev–Trinajstić information content (AvgIpc) is 3.35. The Kier molecular flexibility index (Phi) is 8.63. The van der Waals surface area contributed by atoms with Crippen molar-refractivity contribution < 1.29 is 9.13 Å². The van der Waals surface area contributed by atoms with Crippen molar-refractivity contribution in [2.24, 2.45) is 0 Å². The molecule has 0 saturated carbocycles. The SMILES string of the molecule is CC#N.N=C(c1ccc(N2CCCC2)nc1)c1cc(OCc2c(Cl)cncc2Cl)c(F)cc1N. The molecule has 3 N–H and O–H groups in total. The fraction of sp³-hybridized carbons (Fsp3) is 0.250. The molecule has 1 saturated heterocycles. The Morgan fingerprint density at radius 1 is 1.21 bits per heavy atom. The van der Waals surface area contributed by atoms with E-state index in [1.54, 1.807) is 12.3 Å². The average molecular weight is 501 g/mol. The lowest BCUT2D eigenvalue weighted by molar-refractivity contribution is 0.290. The summed E-state index contributed by atoms with van der Waals surface area (Å²) in [6, 6.07) is 8.01. The normalized spacial score (nSPS) is 12.5. The van der Waals surface area contributed by atoms with Crippen molar-refractivity contribution in [3.8, 4) is 11.8 Å². The predicted octanol–water partition coefficient (Wildman–Crippen LogP) is 5.63. The summed E-state index contributed by atoms with van der Waals surface area (Å²) in [4.78, 5) is 10.6. The van der Waals surface area contributed by atoms with Gasteiger partial charge in [-0.05, 0) is 31.0 Å². The maximum absolute atomic E-state index is 14.5. The number of rotatable bonds is 6. The number of hydrogen-bond donors (Lipinski definition) is 2. The molecule has 4 rings (SSSR count). The van der Waals surface area contributed by atoms with E-state index in [-0.39, 0.29) is 23.8 Å². The molecular formula is C24H23Cl2FN6O. The Morgan fingerprint density at radius 3 is 2.44 bits per heavy atom. The third-order valence-corrected chi connectivity index (χ3v) is 5.82. The highest BCUT2D eigenvalue weighted by atomic mass is 35.5. The van der Waals surface area contributed by atoms with Crippen LogP contribution in [0.1, 0.15) is 36.5 Å². The number of halogens is 3. The maximum atomic E-state index is 14.5. The number of hydrogen-bond acceptors (Lipinski definition) is 7. The van der Waals surface area contributed by atoms with Crippen molar-refractivity contribution in [2.45, 2.75) is 26.4 Å². The molecule has 10 heteroatoms. The number of nitrogens with one attached hydrogen (secondary N) is 1. The van der Waals surface area contributed by atoms with Gasteiger partial charge in [-0.2, -0.15) is 5.26 Å². The first-order valence-electron chi connectivity index (χ1n) is 10.5. The first-order valence-corrected chi connectivity index (χ1v) is 11.2. The molecule has 34 heavy (non-hydrogen) atoms. The molecule has 1 aromatic carbocycles. The minimum absolute atomic E-state index is 0.0557. The third-order valence-electron chi connectivity index (χ3n) is 5.16. The summed E-state index contributed by atoms with van der Waals surface area (Å²) in [5.74, 6) is 0.189.